The molecule has 0 saturated carbocycles. The molecule has 2 aromatic carbocycles. The van der Waals surface area contributed by atoms with Crippen molar-refractivity contribution in [3.8, 4) is 11.5 Å². The number of fused-ring (bicyclic) bond motifs is 1. The van der Waals surface area contributed by atoms with Gasteiger partial charge in [-0.05, 0) is 55.0 Å². The van der Waals surface area contributed by atoms with Crippen molar-refractivity contribution in [2.75, 3.05) is 13.2 Å². The summed E-state index contributed by atoms with van der Waals surface area (Å²) in [5.74, 6) is 1.14. The molecule has 0 unspecified atom stereocenters. The van der Waals surface area contributed by atoms with E-state index in [2.05, 4.69) is 15.5 Å². The number of benzene rings is 2. The van der Waals surface area contributed by atoms with Crippen molar-refractivity contribution in [1.29, 1.82) is 0 Å². The van der Waals surface area contributed by atoms with Crippen LogP contribution in [0.5, 0.6) is 11.5 Å². The van der Waals surface area contributed by atoms with Crippen molar-refractivity contribution in [3.63, 3.8) is 0 Å². The summed E-state index contributed by atoms with van der Waals surface area (Å²) in [4.78, 5) is 16.1. The van der Waals surface area contributed by atoms with Crippen LogP contribution in [0.15, 0.2) is 60.0 Å². The Balaban J connectivity index is 1.93. The third-order valence-corrected chi connectivity index (χ3v) is 3.89. The van der Waals surface area contributed by atoms with E-state index < -0.39 is 0 Å². The number of carbonyl (C=O) groups is 1. The van der Waals surface area contributed by atoms with Crippen LogP contribution in [0.3, 0.4) is 0 Å². The Bertz CT molecular complexity index is 950. The van der Waals surface area contributed by atoms with Crippen molar-refractivity contribution in [2.45, 2.75) is 13.8 Å². The molecule has 0 bridgehead atoms. The van der Waals surface area contributed by atoms with E-state index in [9.17, 15) is 4.79 Å². The smallest absolute Gasteiger partial charge is 0.272 e. The van der Waals surface area contributed by atoms with E-state index in [0.717, 1.165) is 22.1 Å². The fraction of sp³-hybridized carbons (Fsp3) is 0.190. The normalized spacial score (nSPS) is 10.9. The van der Waals surface area contributed by atoms with Crippen LogP contribution in [0.1, 0.15) is 29.8 Å². The van der Waals surface area contributed by atoms with Crippen molar-refractivity contribution >= 4 is 22.9 Å². The van der Waals surface area contributed by atoms with E-state index >= 15 is 0 Å². The topological polar surface area (TPSA) is 72.8 Å². The molecule has 0 aliphatic heterocycles. The molecule has 1 N–H and O–H groups in total. The monoisotopic (exact) mass is 363 g/mol. The lowest BCUT2D eigenvalue weighted by Crippen LogP contribution is -2.17. The number of hydrazone groups is 1. The zero-order valence-electron chi connectivity index (χ0n) is 15.3. The molecule has 3 rings (SSSR count). The van der Waals surface area contributed by atoms with E-state index in [0.29, 0.717) is 24.5 Å². The molecule has 138 valence electrons. The summed E-state index contributed by atoms with van der Waals surface area (Å²) in [7, 11) is 0. The second-order valence-corrected chi connectivity index (χ2v) is 5.67. The third-order valence-electron chi connectivity index (χ3n) is 3.89. The highest BCUT2D eigenvalue weighted by Gasteiger charge is 2.09. The van der Waals surface area contributed by atoms with Crippen LogP contribution in [-0.4, -0.2) is 30.3 Å². The minimum atomic E-state index is -0.326. The molecular weight excluding hydrogens is 342 g/mol. The summed E-state index contributed by atoms with van der Waals surface area (Å²) in [5.41, 5.74) is 3.75. The van der Waals surface area contributed by atoms with Gasteiger partial charge in [-0.25, -0.2) is 5.43 Å². The summed E-state index contributed by atoms with van der Waals surface area (Å²) in [5, 5.41) is 6.08. The van der Waals surface area contributed by atoms with Gasteiger partial charge in [0.05, 0.1) is 25.0 Å². The summed E-state index contributed by atoms with van der Waals surface area (Å²) < 4.78 is 11.3. The number of hydrogen-bond donors (Lipinski definition) is 1. The van der Waals surface area contributed by atoms with Crippen molar-refractivity contribution in [2.24, 2.45) is 5.10 Å². The summed E-state index contributed by atoms with van der Waals surface area (Å²) in [6.45, 7) is 4.98. The van der Waals surface area contributed by atoms with E-state index in [4.69, 9.17) is 9.47 Å². The number of pyridine rings is 1. The number of hydrogen-bond acceptors (Lipinski definition) is 5. The highest BCUT2D eigenvalue weighted by atomic mass is 16.5. The molecule has 0 atom stereocenters. The summed E-state index contributed by atoms with van der Waals surface area (Å²) in [6, 6.07) is 13.1. The fourth-order valence-corrected chi connectivity index (χ4v) is 2.69. The van der Waals surface area contributed by atoms with E-state index in [1.807, 2.05) is 44.2 Å². The molecule has 1 aromatic heterocycles. The van der Waals surface area contributed by atoms with Crippen LogP contribution < -0.4 is 14.9 Å². The quantitative estimate of drug-likeness (QED) is 0.512. The highest BCUT2D eigenvalue weighted by molar-refractivity contribution is 6.03. The first-order chi connectivity index (χ1) is 13.2. The number of nitrogens with zero attached hydrogens (tertiary/aromatic N) is 2. The fourth-order valence-electron chi connectivity index (χ4n) is 2.69. The molecule has 0 fully saturated rings. The Morgan fingerprint density at radius 1 is 1.15 bits per heavy atom. The lowest BCUT2D eigenvalue weighted by molar-refractivity contribution is 0.0954. The Labute approximate surface area is 157 Å². The van der Waals surface area contributed by atoms with E-state index in [-0.39, 0.29) is 5.91 Å². The van der Waals surface area contributed by atoms with Gasteiger partial charge in [0.2, 0.25) is 0 Å². The zero-order chi connectivity index (χ0) is 19.1. The van der Waals surface area contributed by atoms with Gasteiger partial charge in [0.15, 0.2) is 0 Å². The van der Waals surface area contributed by atoms with Crippen molar-refractivity contribution in [1.82, 2.24) is 10.4 Å². The highest BCUT2D eigenvalue weighted by Crippen LogP contribution is 2.30. The van der Waals surface area contributed by atoms with E-state index in [1.165, 1.54) is 6.20 Å². The number of carbonyl (C=O) groups excluding carboxylic acids is 1. The lowest BCUT2D eigenvalue weighted by Gasteiger charge is -2.12. The Kier molecular flexibility index (Phi) is 5.99. The van der Waals surface area contributed by atoms with Gasteiger partial charge < -0.3 is 9.47 Å². The van der Waals surface area contributed by atoms with Crippen molar-refractivity contribution < 1.29 is 14.3 Å². The van der Waals surface area contributed by atoms with Crippen LogP contribution in [0.4, 0.5) is 0 Å². The zero-order valence-corrected chi connectivity index (χ0v) is 15.3. The lowest BCUT2D eigenvalue weighted by atomic mass is 10.0. The standard InChI is InChI=1S/C21H21N3O3/c1-3-26-17-9-7-15-8-10-20(27-4-2)19(18(15)12-17)14-23-24-21(25)16-6-5-11-22-13-16/h5-14H,3-4H2,1-2H3,(H,24,25)/b23-14+. The predicted molar refractivity (Wildman–Crippen MR) is 106 cm³/mol. The molecule has 1 heterocycles. The van der Waals surface area contributed by atoms with Gasteiger partial charge >= 0.3 is 0 Å². The molecule has 0 aliphatic rings. The number of nitrogens with one attached hydrogen (secondary N) is 1. The van der Waals surface area contributed by atoms with E-state index in [1.54, 1.807) is 24.5 Å². The van der Waals surface area contributed by atoms with Gasteiger partial charge in [0, 0.05) is 18.0 Å². The molecule has 0 spiro atoms. The van der Waals surface area contributed by atoms with Gasteiger partial charge in [-0.15, -0.1) is 0 Å². The Morgan fingerprint density at radius 3 is 2.70 bits per heavy atom. The Hall–Kier alpha value is -3.41. The first-order valence-electron chi connectivity index (χ1n) is 8.78. The SMILES string of the molecule is CCOc1ccc2ccc(OCC)c(/C=N/NC(=O)c3cccnc3)c2c1. The molecule has 6 heteroatoms. The molecule has 0 saturated heterocycles. The second-order valence-electron chi connectivity index (χ2n) is 5.67. The number of amides is 1. The molecule has 6 nitrogen and oxygen atoms in total. The van der Waals surface area contributed by atoms with Crippen molar-refractivity contribution in [3.05, 3.63) is 66.0 Å². The maximum absolute atomic E-state index is 12.1. The number of rotatable bonds is 7. The molecule has 0 radical (unpaired) electrons. The first kappa shape index (κ1) is 18.4. The van der Waals surface area contributed by atoms with Crippen LogP contribution in [0.25, 0.3) is 10.8 Å². The maximum Gasteiger partial charge on any atom is 0.272 e. The molecule has 1 amide bonds. The largest absolute Gasteiger partial charge is 0.494 e. The minimum Gasteiger partial charge on any atom is -0.494 e. The minimum absolute atomic E-state index is 0.326. The van der Waals surface area contributed by atoms with Crippen LogP contribution in [0.2, 0.25) is 0 Å². The molecule has 0 aliphatic carbocycles. The van der Waals surface area contributed by atoms with Crippen LogP contribution in [-0.2, 0) is 0 Å². The van der Waals surface area contributed by atoms with Gasteiger partial charge in [-0.2, -0.15) is 5.10 Å². The Morgan fingerprint density at radius 2 is 1.96 bits per heavy atom. The first-order valence-corrected chi connectivity index (χ1v) is 8.78. The van der Waals surface area contributed by atoms with Gasteiger partial charge in [0.25, 0.3) is 5.91 Å². The van der Waals surface area contributed by atoms with Gasteiger partial charge in [-0.3, -0.25) is 9.78 Å². The average molecular weight is 363 g/mol. The van der Waals surface area contributed by atoms with Gasteiger partial charge in [-0.1, -0.05) is 12.1 Å². The van der Waals surface area contributed by atoms with Gasteiger partial charge in [0.1, 0.15) is 11.5 Å². The molecular formula is C21H21N3O3. The molecule has 27 heavy (non-hydrogen) atoms. The summed E-state index contributed by atoms with van der Waals surface area (Å²) in [6.07, 6.45) is 4.69. The maximum atomic E-state index is 12.1. The van der Waals surface area contributed by atoms with Crippen LogP contribution >= 0.6 is 0 Å². The third kappa shape index (κ3) is 4.41. The number of aromatic nitrogens is 1. The second kappa shape index (κ2) is 8.80. The average Bonchev–Trinajstić information content (AvgIpc) is 2.70. The number of ether oxygens (including phenoxy) is 2. The summed E-state index contributed by atoms with van der Waals surface area (Å²) >= 11 is 0. The van der Waals surface area contributed by atoms with Crippen LogP contribution in [0, 0.1) is 0 Å². The predicted octanol–water partition coefficient (Wildman–Crippen LogP) is 3.80. The molecule has 3 aromatic rings.